The first-order chi connectivity index (χ1) is 9.11. The van der Waals surface area contributed by atoms with E-state index in [1.54, 1.807) is 0 Å². The highest BCUT2D eigenvalue weighted by atomic mass is 16.5. The number of Topliss-reactive ketones (excluding diaryl/α,β-unsaturated/α-hetero) is 1. The predicted octanol–water partition coefficient (Wildman–Crippen LogP) is 2.04. The second-order valence-electron chi connectivity index (χ2n) is 4.01. The summed E-state index contributed by atoms with van der Waals surface area (Å²) >= 11 is 0. The van der Waals surface area contributed by atoms with E-state index in [1.807, 2.05) is 31.2 Å². The molecule has 1 aromatic carbocycles. The number of H-pyrrole nitrogens is 1. The Hall–Kier alpha value is -2.43. The lowest BCUT2D eigenvalue weighted by Crippen LogP contribution is -2.17. The molecule has 0 unspecified atom stereocenters. The van der Waals surface area contributed by atoms with Gasteiger partial charge >= 0.3 is 0 Å². The average molecular weight is 258 g/mol. The van der Waals surface area contributed by atoms with Gasteiger partial charge in [-0.3, -0.25) is 9.59 Å². The van der Waals surface area contributed by atoms with Crippen molar-refractivity contribution in [1.29, 1.82) is 0 Å². The van der Waals surface area contributed by atoms with Crippen LogP contribution in [0.4, 0.5) is 0 Å². The van der Waals surface area contributed by atoms with Crippen molar-refractivity contribution in [3.63, 3.8) is 0 Å². The molecule has 1 heterocycles. The molecule has 5 heteroatoms. The van der Waals surface area contributed by atoms with Gasteiger partial charge in [0.25, 0.3) is 5.56 Å². The zero-order chi connectivity index (χ0) is 13.8. The van der Waals surface area contributed by atoms with Crippen LogP contribution in [0.25, 0.3) is 11.3 Å². The maximum absolute atomic E-state index is 11.5. The van der Waals surface area contributed by atoms with E-state index in [0.717, 1.165) is 11.3 Å². The second kappa shape index (κ2) is 5.48. The average Bonchev–Trinajstić information content (AvgIpc) is 2.39. The van der Waals surface area contributed by atoms with Crippen molar-refractivity contribution in [3.8, 4) is 17.0 Å². The third kappa shape index (κ3) is 2.88. The first-order valence-electron chi connectivity index (χ1n) is 5.95. The van der Waals surface area contributed by atoms with Gasteiger partial charge in [-0.1, -0.05) is 12.1 Å². The van der Waals surface area contributed by atoms with Crippen LogP contribution in [0.5, 0.6) is 5.75 Å². The van der Waals surface area contributed by atoms with Gasteiger partial charge in [0.2, 0.25) is 0 Å². The van der Waals surface area contributed by atoms with Gasteiger partial charge in [-0.2, -0.15) is 5.10 Å². The molecule has 19 heavy (non-hydrogen) atoms. The number of carbonyl (C=O) groups excluding carboxylic acids is 1. The van der Waals surface area contributed by atoms with Crippen molar-refractivity contribution >= 4 is 5.78 Å². The molecule has 98 valence electrons. The molecule has 0 bridgehead atoms. The number of hydrogen-bond acceptors (Lipinski definition) is 4. The lowest BCUT2D eigenvalue weighted by Gasteiger charge is -2.06. The monoisotopic (exact) mass is 258 g/mol. The second-order valence-corrected chi connectivity index (χ2v) is 4.01. The third-order valence-electron chi connectivity index (χ3n) is 2.62. The highest BCUT2D eigenvalue weighted by Crippen LogP contribution is 2.21. The van der Waals surface area contributed by atoms with E-state index in [2.05, 4.69) is 10.2 Å². The minimum atomic E-state index is -0.475. The third-order valence-corrected chi connectivity index (χ3v) is 2.62. The molecule has 0 saturated heterocycles. The van der Waals surface area contributed by atoms with Crippen LogP contribution < -0.4 is 10.3 Å². The van der Waals surface area contributed by atoms with E-state index in [9.17, 15) is 9.59 Å². The molecule has 0 radical (unpaired) electrons. The Bertz CT molecular complexity index is 662. The van der Waals surface area contributed by atoms with Gasteiger partial charge in [0.1, 0.15) is 5.75 Å². The molecule has 0 amide bonds. The minimum Gasteiger partial charge on any atom is -0.494 e. The van der Waals surface area contributed by atoms with Crippen molar-refractivity contribution in [1.82, 2.24) is 10.2 Å². The summed E-state index contributed by atoms with van der Waals surface area (Å²) in [6, 6.07) is 8.82. The molecular formula is C14H14N2O3. The van der Waals surface area contributed by atoms with E-state index in [1.165, 1.54) is 13.0 Å². The van der Waals surface area contributed by atoms with Gasteiger partial charge in [-0.25, -0.2) is 5.10 Å². The van der Waals surface area contributed by atoms with Crippen LogP contribution in [-0.4, -0.2) is 22.6 Å². The summed E-state index contributed by atoms with van der Waals surface area (Å²) in [7, 11) is 0. The number of ketones is 1. The first kappa shape index (κ1) is 13.0. The molecule has 2 rings (SSSR count). The quantitative estimate of drug-likeness (QED) is 0.852. The molecule has 0 atom stereocenters. The van der Waals surface area contributed by atoms with Gasteiger partial charge in [0, 0.05) is 5.56 Å². The van der Waals surface area contributed by atoms with Crippen molar-refractivity contribution in [2.24, 2.45) is 0 Å². The molecule has 0 aliphatic rings. The summed E-state index contributed by atoms with van der Waals surface area (Å²) in [5, 5.41) is 6.28. The van der Waals surface area contributed by atoms with Gasteiger partial charge in [0.05, 0.1) is 17.9 Å². The number of rotatable bonds is 4. The summed E-state index contributed by atoms with van der Waals surface area (Å²) in [6.07, 6.45) is 0. The van der Waals surface area contributed by atoms with Crippen LogP contribution in [-0.2, 0) is 0 Å². The first-order valence-corrected chi connectivity index (χ1v) is 5.95. The van der Waals surface area contributed by atoms with E-state index >= 15 is 0 Å². The van der Waals surface area contributed by atoms with Crippen LogP contribution in [0.3, 0.4) is 0 Å². The topological polar surface area (TPSA) is 72.1 Å². The van der Waals surface area contributed by atoms with Gasteiger partial charge in [-0.15, -0.1) is 0 Å². The lowest BCUT2D eigenvalue weighted by molar-refractivity contribution is 0.101. The predicted molar refractivity (Wildman–Crippen MR) is 71.5 cm³/mol. The highest BCUT2D eigenvalue weighted by Gasteiger charge is 2.09. The summed E-state index contributed by atoms with van der Waals surface area (Å²) in [5.74, 6) is 0.434. The molecule has 0 fully saturated rings. The van der Waals surface area contributed by atoms with Crippen molar-refractivity contribution in [2.45, 2.75) is 13.8 Å². The molecular weight excluding hydrogens is 244 g/mol. The number of ether oxygens (including phenoxy) is 1. The molecule has 1 aromatic heterocycles. The number of hydrogen-bond donors (Lipinski definition) is 1. The fraction of sp³-hybridized carbons (Fsp3) is 0.214. The summed E-state index contributed by atoms with van der Waals surface area (Å²) in [4.78, 5) is 22.8. The maximum atomic E-state index is 11.5. The molecule has 0 aliphatic carbocycles. The smallest absolute Gasteiger partial charge is 0.275 e. The number of carbonyl (C=O) groups is 1. The number of nitrogens with one attached hydrogen (secondary N) is 1. The fourth-order valence-electron chi connectivity index (χ4n) is 1.73. The Kier molecular flexibility index (Phi) is 3.75. The largest absolute Gasteiger partial charge is 0.494 e. The summed E-state index contributed by atoms with van der Waals surface area (Å²) in [6.45, 7) is 3.82. The normalized spacial score (nSPS) is 10.2. The zero-order valence-corrected chi connectivity index (χ0v) is 10.8. The Morgan fingerprint density at radius 2 is 2.16 bits per heavy atom. The van der Waals surface area contributed by atoms with Gasteiger partial charge < -0.3 is 4.74 Å². The van der Waals surface area contributed by atoms with Crippen molar-refractivity contribution in [3.05, 3.63) is 46.2 Å². The van der Waals surface area contributed by atoms with Crippen LogP contribution in [0.2, 0.25) is 0 Å². The van der Waals surface area contributed by atoms with Gasteiger partial charge in [0.15, 0.2) is 5.78 Å². The number of nitrogens with zero attached hydrogens (tertiary/aromatic N) is 1. The lowest BCUT2D eigenvalue weighted by atomic mass is 10.1. The van der Waals surface area contributed by atoms with E-state index < -0.39 is 5.56 Å². The standard InChI is InChI=1S/C14H14N2O3/c1-3-19-11-6-4-5-10(7-11)13-8-12(9(2)17)14(18)16-15-13/h4-8H,3H2,1-2H3,(H,16,18). The van der Waals surface area contributed by atoms with Crippen molar-refractivity contribution in [2.75, 3.05) is 6.61 Å². The Balaban J connectivity index is 2.47. The molecule has 0 saturated carbocycles. The van der Waals surface area contributed by atoms with Crippen LogP contribution in [0.15, 0.2) is 35.1 Å². The van der Waals surface area contributed by atoms with Gasteiger partial charge in [-0.05, 0) is 32.0 Å². The van der Waals surface area contributed by atoms with E-state index in [0.29, 0.717) is 12.3 Å². The fourth-order valence-corrected chi connectivity index (χ4v) is 1.73. The summed E-state index contributed by atoms with van der Waals surface area (Å²) in [5.41, 5.74) is 0.945. The number of aromatic nitrogens is 2. The Labute approximate surface area is 110 Å². The highest BCUT2D eigenvalue weighted by molar-refractivity contribution is 5.94. The van der Waals surface area contributed by atoms with Crippen molar-refractivity contribution < 1.29 is 9.53 Å². The Morgan fingerprint density at radius 3 is 2.84 bits per heavy atom. The molecule has 0 spiro atoms. The maximum Gasteiger partial charge on any atom is 0.275 e. The molecule has 2 aromatic rings. The zero-order valence-electron chi connectivity index (χ0n) is 10.8. The molecule has 0 aliphatic heterocycles. The van der Waals surface area contributed by atoms with E-state index in [-0.39, 0.29) is 11.3 Å². The molecule has 1 N–H and O–H groups in total. The molecule has 5 nitrogen and oxygen atoms in total. The van der Waals surface area contributed by atoms with Crippen LogP contribution in [0, 0.1) is 0 Å². The van der Waals surface area contributed by atoms with E-state index in [4.69, 9.17) is 4.74 Å². The minimum absolute atomic E-state index is 0.104. The Morgan fingerprint density at radius 1 is 1.37 bits per heavy atom. The summed E-state index contributed by atoms with van der Waals surface area (Å²) < 4.78 is 5.40. The van der Waals surface area contributed by atoms with Crippen LogP contribution >= 0.6 is 0 Å². The SMILES string of the molecule is CCOc1cccc(-c2cc(C(C)=O)c(=O)[nH]n2)c1. The number of benzene rings is 1. The number of aromatic amines is 1. The van der Waals surface area contributed by atoms with Crippen LogP contribution in [0.1, 0.15) is 24.2 Å².